The highest BCUT2D eigenvalue weighted by Gasteiger charge is 2.22. The van der Waals surface area contributed by atoms with Crippen LogP contribution in [-0.4, -0.2) is 18.2 Å². The summed E-state index contributed by atoms with van der Waals surface area (Å²) in [5.74, 6) is 0.0243. The van der Waals surface area contributed by atoms with Crippen molar-refractivity contribution >= 4 is 15.8 Å². The van der Waals surface area contributed by atoms with Gasteiger partial charge in [0, 0.05) is 0 Å². The number of hydrogen-bond donors (Lipinski definition) is 2. The fraction of sp³-hybridized carbons (Fsp3) is 0.100. The zero-order valence-electron chi connectivity index (χ0n) is 9.16. The van der Waals surface area contributed by atoms with Crippen LogP contribution in [0.15, 0.2) is 35.2 Å². The zero-order valence-corrected chi connectivity index (χ0v) is 9.98. The maximum absolute atomic E-state index is 11.4. The SMILES string of the molecule is Cc1nn(-c2ccccc2)c(N)c1S(N)(=O)=O. The van der Waals surface area contributed by atoms with Crippen LogP contribution in [0.3, 0.4) is 0 Å². The number of anilines is 1. The van der Waals surface area contributed by atoms with E-state index in [2.05, 4.69) is 5.10 Å². The summed E-state index contributed by atoms with van der Waals surface area (Å²) in [5, 5.41) is 9.17. The van der Waals surface area contributed by atoms with Crippen molar-refractivity contribution in [3.05, 3.63) is 36.0 Å². The number of hydrogen-bond acceptors (Lipinski definition) is 4. The van der Waals surface area contributed by atoms with Crippen LogP contribution in [0.25, 0.3) is 5.69 Å². The van der Waals surface area contributed by atoms with E-state index in [-0.39, 0.29) is 16.4 Å². The Labute approximate surface area is 98.9 Å². The number of nitrogens with zero attached hydrogens (tertiary/aromatic N) is 2. The molecule has 0 atom stereocenters. The Morgan fingerprint density at radius 1 is 1.24 bits per heavy atom. The summed E-state index contributed by atoms with van der Waals surface area (Å²) in [7, 11) is -3.86. The third-order valence-electron chi connectivity index (χ3n) is 2.32. The lowest BCUT2D eigenvalue weighted by Gasteiger charge is -2.03. The molecule has 0 radical (unpaired) electrons. The maximum atomic E-state index is 11.4. The van der Waals surface area contributed by atoms with Crippen LogP contribution >= 0.6 is 0 Å². The van der Waals surface area contributed by atoms with Crippen molar-refractivity contribution in [2.24, 2.45) is 5.14 Å². The fourth-order valence-corrected chi connectivity index (χ4v) is 2.48. The summed E-state index contributed by atoms with van der Waals surface area (Å²) >= 11 is 0. The van der Waals surface area contributed by atoms with Crippen molar-refractivity contribution in [1.29, 1.82) is 0 Å². The summed E-state index contributed by atoms with van der Waals surface area (Å²) in [6.45, 7) is 1.55. The van der Waals surface area contributed by atoms with E-state index in [1.165, 1.54) is 4.68 Å². The van der Waals surface area contributed by atoms with E-state index in [0.717, 1.165) is 0 Å². The van der Waals surface area contributed by atoms with Crippen LogP contribution in [0.2, 0.25) is 0 Å². The van der Waals surface area contributed by atoms with Gasteiger partial charge in [-0.25, -0.2) is 18.2 Å². The lowest BCUT2D eigenvalue weighted by atomic mass is 10.3. The van der Waals surface area contributed by atoms with Crippen LogP contribution in [-0.2, 0) is 10.0 Å². The number of aromatic nitrogens is 2. The number of primary sulfonamides is 1. The number of aryl methyl sites for hydroxylation is 1. The van der Waals surface area contributed by atoms with Gasteiger partial charge < -0.3 is 5.73 Å². The van der Waals surface area contributed by atoms with Gasteiger partial charge in [-0.1, -0.05) is 18.2 Å². The van der Waals surface area contributed by atoms with Gasteiger partial charge in [-0.2, -0.15) is 5.10 Å². The Balaban J connectivity index is 2.69. The second-order valence-corrected chi connectivity index (χ2v) is 5.09. The average Bonchev–Trinajstić information content (AvgIpc) is 2.54. The topological polar surface area (TPSA) is 104 Å². The van der Waals surface area contributed by atoms with Crippen molar-refractivity contribution in [3.8, 4) is 5.69 Å². The summed E-state index contributed by atoms with van der Waals surface area (Å²) in [6, 6.07) is 9.01. The van der Waals surface area contributed by atoms with Gasteiger partial charge in [0.2, 0.25) is 10.0 Å². The van der Waals surface area contributed by atoms with Crippen molar-refractivity contribution in [3.63, 3.8) is 0 Å². The predicted octanol–water partition coefficient (Wildman–Crippen LogP) is 0.410. The van der Waals surface area contributed by atoms with E-state index in [1.54, 1.807) is 19.1 Å². The number of nitrogen functional groups attached to an aromatic ring is 1. The highest BCUT2D eigenvalue weighted by atomic mass is 32.2. The number of sulfonamides is 1. The van der Waals surface area contributed by atoms with E-state index in [1.807, 2.05) is 18.2 Å². The zero-order chi connectivity index (χ0) is 12.6. The van der Waals surface area contributed by atoms with Crippen LogP contribution in [0.4, 0.5) is 5.82 Å². The molecule has 0 saturated heterocycles. The van der Waals surface area contributed by atoms with Crippen molar-refractivity contribution in [1.82, 2.24) is 9.78 Å². The minimum absolute atomic E-state index is 0.0243. The molecule has 2 aromatic rings. The van der Waals surface area contributed by atoms with E-state index in [0.29, 0.717) is 5.69 Å². The van der Waals surface area contributed by atoms with Gasteiger partial charge in [0.15, 0.2) is 0 Å². The molecule has 17 heavy (non-hydrogen) atoms. The summed E-state index contributed by atoms with van der Waals surface area (Å²) in [5.41, 5.74) is 6.73. The molecule has 0 aliphatic heterocycles. The van der Waals surface area contributed by atoms with Crippen LogP contribution in [0.1, 0.15) is 5.69 Å². The molecule has 6 nitrogen and oxygen atoms in total. The standard InChI is InChI=1S/C10H12N4O2S/c1-7-9(17(12,15)16)10(11)14(13-7)8-5-3-2-4-6-8/h2-6H,11H2,1H3,(H2,12,15,16). The molecule has 1 aromatic heterocycles. The maximum Gasteiger partial charge on any atom is 0.243 e. The lowest BCUT2D eigenvalue weighted by Crippen LogP contribution is -2.15. The van der Waals surface area contributed by atoms with Gasteiger partial charge in [-0.15, -0.1) is 0 Å². The molecule has 0 aliphatic carbocycles. The first-order chi connectivity index (χ1) is 7.91. The van der Waals surface area contributed by atoms with Crippen LogP contribution in [0, 0.1) is 6.92 Å². The number of nitrogens with two attached hydrogens (primary N) is 2. The second kappa shape index (κ2) is 3.86. The highest BCUT2D eigenvalue weighted by Crippen LogP contribution is 2.23. The molecule has 0 amide bonds. The Morgan fingerprint density at radius 3 is 2.29 bits per heavy atom. The molecule has 7 heteroatoms. The first-order valence-electron chi connectivity index (χ1n) is 4.84. The minimum Gasteiger partial charge on any atom is -0.382 e. The van der Waals surface area contributed by atoms with E-state index in [4.69, 9.17) is 10.9 Å². The fourth-order valence-electron chi connectivity index (χ4n) is 1.65. The largest absolute Gasteiger partial charge is 0.382 e. The molecule has 0 unspecified atom stereocenters. The first-order valence-corrected chi connectivity index (χ1v) is 6.39. The molecule has 4 N–H and O–H groups in total. The van der Waals surface area contributed by atoms with Crippen molar-refractivity contribution in [2.75, 3.05) is 5.73 Å². The first kappa shape index (κ1) is 11.6. The molecule has 0 spiro atoms. The molecular weight excluding hydrogens is 240 g/mol. The molecule has 2 rings (SSSR count). The average molecular weight is 252 g/mol. The Hall–Kier alpha value is -1.86. The molecular formula is C10H12N4O2S. The quantitative estimate of drug-likeness (QED) is 0.807. The Morgan fingerprint density at radius 2 is 1.82 bits per heavy atom. The molecule has 0 fully saturated rings. The highest BCUT2D eigenvalue weighted by molar-refractivity contribution is 7.89. The van der Waals surface area contributed by atoms with Crippen LogP contribution in [0.5, 0.6) is 0 Å². The lowest BCUT2D eigenvalue weighted by molar-refractivity contribution is 0.597. The van der Waals surface area contributed by atoms with Gasteiger partial charge in [0.1, 0.15) is 10.7 Å². The van der Waals surface area contributed by atoms with Gasteiger partial charge in [-0.05, 0) is 19.1 Å². The third kappa shape index (κ3) is 2.02. The van der Waals surface area contributed by atoms with Crippen molar-refractivity contribution < 1.29 is 8.42 Å². The molecule has 1 heterocycles. The number of rotatable bonds is 2. The van der Waals surface area contributed by atoms with E-state index < -0.39 is 10.0 Å². The molecule has 0 bridgehead atoms. The third-order valence-corrected chi connectivity index (χ3v) is 3.40. The monoisotopic (exact) mass is 252 g/mol. The summed E-state index contributed by atoms with van der Waals surface area (Å²) in [4.78, 5) is -0.124. The van der Waals surface area contributed by atoms with Gasteiger partial charge in [0.05, 0.1) is 11.4 Å². The summed E-state index contributed by atoms with van der Waals surface area (Å²) in [6.07, 6.45) is 0. The number of para-hydroxylation sites is 1. The molecule has 90 valence electrons. The molecule has 0 aliphatic rings. The van der Waals surface area contributed by atoms with Crippen molar-refractivity contribution in [2.45, 2.75) is 11.8 Å². The minimum atomic E-state index is -3.86. The van der Waals surface area contributed by atoms with Gasteiger partial charge in [0.25, 0.3) is 0 Å². The van der Waals surface area contributed by atoms with Gasteiger partial charge in [-0.3, -0.25) is 0 Å². The van der Waals surface area contributed by atoms with Gasteiger partial charge >= 0.3 is 0 Å². The van der Waals surface area contributed by atoms with E-state index >= 15 is 0 Å². The Kier molecular flexibility index (Phi) is 2.64. The smallest absolute Gasteiger partial charge is 0.243 e. The molecule has 1 aromatic carbocycles. The Bertz CT molecular complexity index is 646. The normalized spacial score (nSPS) is 11.6. The van der Waals surface area contributed by atoms with E-state index in [9.17, 15) is 8.42 Å². The predicted molar refractivity (Wildman–Crippen MR) is 64.1 cm³/mol. The summed E-state index contributed by atoms with van der Waals surface area (Å²) < 4.78 is 24.1. The van der Waals surface area contributed by atoms with Crippen LogP contribution < -0.4 is 10.9 Å². The molecule has 0 saturated carbocycles. The second-order valence-electron chi connectivity index (χ2n) is 3.59. The number of benzene rings is 1.